The Bertz CT molecular complexity index is 1220. The highest BCUT2D eigenvalue weighted by molar-refractivity contribution is 5.87. The van der Waals surface area contributed by atoms with Crippen LogP contribution in [0.3, 0.4) is 0 Å². The van der Waals surface area contributed by atoms with Crippen molar-refractivity contribution in [1.29, 1.82) is 0 Å². The van der Waals surface area contributed by atoms with E-state index in [1.54, 1.807) is 71.2 Å². The molecule has 0 fully saturated rings. The first-order valence-corrected chi connectivity index (χ1v) is 11.1. The Hall–Kier alpha value is -4.01. The first-order valence-electron chi connectivity index (χ1n) is 11.1. The number of hydrogen-bond acceptors (Lipinski definition) is 7. The number of aromatic nitrogens is 1. The first-order chi connectivity index (χ1) is 16.5. The second-order valence-electron chi connectivity index (χ2n) is 9.01. The molecule has 1 N–H and O–H groups in total. The molecule has 186 valence electrons. The molecule has 1 aromatic heterocycles. The number of carbonyl (C=O) groups excluding carboxylic acids is 2. The maximum Gasteiger partial charge on any atom is 0.408 e. The first kappa shape index (κ1) is 25.6. The van der Waals surface area contributed by atoms with Gasteiger partial charge in [0, 0.05) is 19.4 Å². The third kappa shape index (κ3) is 6.53. The summed E-state index contributed by atoms with van der Waals surface area (Å²) in [6.45, 7) is 6.91. The molecule has 0 unspecified atom stereocenters. The molecule has 9 nitrogen and oxygen atoms in total. The Balaban J connectivity index is 1.81. The van der Waals surface area contributed by atoms with Crippen molar-refractivity contribution in [1.82, 2.24) is 5.32 Å². The number of alkyl carbamates (subject to hydrolysis) is 1. The zero-order chi connectivity index (χ0) is 25.8. The van der Waals surface area contributed by atoms with Crippen LogP contribution in [0.1, 0.15) is 32.0 Å². The summed E-state index contributed by atoms with van der Waals surface area (Å²) in [6, 6.07) is 13.1. The molecular weight excluding hydrogens is 452 g/mol. The standard InChI is InChI=1S/C26H30N2O7/c1-16-13-18-9-12-20(32-5)15-21(18)23(28(16)31)34-19-10-7-17(8-11-19)14-22(24(29)33-6)27-25(30)35-26(2,3)4/h7-13,15,22H,14H2,1-6H3,(H,27,30)/t22-/m0/s1. The predicted molar refractivity (Wildman–Crippen MR) is 130 cm³/mol. The second-order valence-corrected chi connectivity index (χ2v) is 9.01. The van der Waals surface area contributed by atoms with Crippen molar-refractivity contribution >= 4 is 22.8 Å². The number of rotatable bonds is 7. The minimum absolute atomic E-state index is 0.130. The van der Waals surface area contributed by atoms with Crippen LogP contribution in [-0.4, -0.2) is 37.9 Å². The van der Waals surface area contributed by atoms with Crippen LogP contribution in [0.4, 0.5) is 4.79 Å². The van der Waals surface area contributed by atoms with E-state index < -0.39 is 23.7 Å². The van der Waals surface area contributed by atoms with E-state index in [1.807, 2.05) is 12.1 Å². The molecular formula is C26H30N2O7. The van der Waals surface area contributed by atoms with Crippen LogP contribution >= 0.6 is 0 Å². The van der Waals surface area contributed by atoms with E-state index in [4.69, 9.17) is 18.9 Å². The van der Waals surface area contributed by atoms with E-state index in [0.717, 1.165) is 15.7 Å². The molecule has 2 aromatic carbocycles. The average Bonchev–Trinajstić information content (AvgIpc) is 2.80. The molecule has 0 aliphatic rings. The Labute approximate surface area is 204 Å². The zero-order valence-corrected chi connectivity index (χ0v) is 20.7. The van der Waals surface area contributed by atoms with Crippen LogP contribution in [0, 0.1) is 12.1 Å². The molecule has 3 rings (SSSR count). The van der Waals surface area contributed by atoms with Crippen LogP contribution in [-0.2, 0) is 20.7 Å². The van der Waals surface area contributed by atoms with Crippen molar-refractivity contribution in [2.45, 2.75) is 45.8 Å². The lowest BCUT2D eigenvalue weighted by atomic mass is 10.1. The molecule has 1 atom stereocenters. The summed E-state index contributed by atoms with van der Waals surface area (Å²) in [6.07, 6.45) is -0.534. The highest BCUT2D eigenvalue weighted by Crippen LogP contribution is 2.30. The number of benzene rings is 2. The molecule has 0 saturated heterocycles. The maximum absolute atomic E-state index is 12.8. The van der Waals surface area contributed by atoms with Gasteiger partial charge in [-0.15, -0.1) is 4.73 Å². The minimum Gasteiger partial charge on any atom is -0.616 e. The summed E-state index contributed by atoms with van der Waals surface area (Å²) in [5.74, 6) is 0.574. The smallest absolute Gasteiger partial charge is 0.408 e. The lowest BCUT2D eigenvalue weighted by Gasteiger charge is -2.22. The number of methoxy groups -OCH3 is 2. The van der Waals surface area contributed by atoms with E-state index >= 15 is 0 Å². The predicted octanol–water partition coefficient (Wildman–Crippen LogP) is 4.19. The van der Waals surface area contributed by atoms with Gasteiger partial charge in [-0.3, -0.25) is 0 Å². The average molecular weight is 483 g/mol. The fourth-order valence-electron chi connectivity index (χ4n) is 3.45. The van der Waals surface area contributed by atoms with Gasteiger partial charge < -0.3 is 29.5 Å². The van der Waals surface area contributed by atoms with Crippen LogP contribution < -0.4 is 19.5 Å². The normalized spacial score (nSPS) is 12.1. The van der Waals surface area contributed by atoms with Gasteiger partial charge in [0.2, 0.25) is 0 Å². The molecule has 0 aliphatic heterocycles. The summed E-state index contributed by atoms with van der Waals surface area (Å²) in [5, 5.41) is 16.8. The van der Waals surface area contributed by atoms with Crippen molar-refractivity contribution in [2.75, 3.05) is 14.2 Å². The van der Waals surface area contributed by atoms with Crippen molar-refractivity contribution in [3.63, 3.8) is 0 Å². The summed E-state index contributed by atoms with van der Waals surface area (Å²) < 4.78 is 22.0. The third-order valence-corrected chi connectivity index (χ3v) is 5.11. The number of carbonyl (C=O) groups is 2. The number of hydrogen-bond donors (Lipinski definition) is 1. The molecule has 0 radical (unpaired) electrons. The summed E-state index contributed by atoms with van der Waals surface area (Å²) >= 11 is 0. The molecule has 0 aliphatic carbocycles. The number of nitrogens with one attached hydrogen (secondary N) is 1. The largest absolute Gasteiger partial charge is 0.616 e. The number of nitrogens with zero attached hydrogens (tertiary/aromatic N) is 1. The monoisotopic (exact) mass is 482 g/mol. The van der Waals surface area contributed by atoms with Gasteiger partial charge in [-0.1, -0.05) is 18.2 Å². The Morgan fingerprint density at radius 3 is 2.29 bits per heavy atom. The number of esters is 1. The van der Waals surface area contributed by atoms with Gasteiger partial charge in [0.25, 0.3) is 0 Å². The van der Waals surface area contributed by atoms with Crippen molar-refractivity contribution in [2.24, 2.45) is 0 Å². The lowest BCUT2D eigenvalue weighted by Crippen LogP contribution is -2.45. The summed E-state index contributed by atoms with van der Waals surface area (Å²) in [7, 11) is 2.81. The molecule has 0 spiro atoms. The molecule has 0 saturated carbocycles. The van der Waals surface area contributed by atoms with Crippen LogP contribution in [0.2, 0.25) is 0 Å². The van der Waals surface area contributed by atoms with Gasteiger partial charge in [0.05, 0.1) is 19.6 Å². The van der Waals surface area contributed by atoms with Gasteiger partial charge in [0.15, 0.2) is 5.69 Å². The van der Waals surface area contributed by atoms with Gasteiger partial charge in [-0.05, 0) is 56.0 Å². The van der Waals surface area contributed by atoms with E-state index in [-0.39, 0.29) is 12.3 Å². The van der Waals surface area contributed by atoms with Crippen LogP contribution in [0.15, 0.2) is 48.5 Å². The highest BCUT2D eigenvalue weighted by Gasteiger charge is 2.25. The number of aryl methyl sites for hydroxylation is 1. The molecule has 35 heavy (non-hydrogen) atoms. The van der Waals surface area contributed by atoms with E-state index in [0.29, 0.717) is 22.6 Å². The summed E-state index contributed by atoms with van der Waals surface area (Å²) in [5.41, 5.74) is 0.532. The molecule has 9 heteroatoms. The third-order valence-electron chi connectivity index (χ3n) is 5.11. The Kier molecular flexibility index (Phi) is 7.68. The zero-order valence-electron chi connectivity index (χ0n) is 20.7. The minimum atomic E-state index is -0.932. The topological polar surface area (TPSA) is 110 Å². The fraction of sp³-hybridized carbons (Fsp3) is 0.346. The van der Waals surface area contributed by atoms with E-state index in [1.165, 1.54) is 7.11 Å². The molecule has 0 bridgehead atoms. The quantitative estimate of drug-likeness (QED) is 0.305. The van der Waals surface area contributed by atoms with E-state index in [2.05, 4.69) is 5.32 Å². The number of fused-ring (bicyclic) bond motifs is 1. The van der Waals surface area contributed by atoms with Crippen molar-refractivity contribution in [3.8, 4) is 17.4 Å². The van der Waals surface area contributed by atoms with Gasteiger partial charge in [-0.2, -0.15) is 0 Å². The van der Waals surface area contributed by atoms with Crippen molar-refractivity contribution in [3.05, 3.63) is 65.0 Å². The van der Waals surface area contributed by atoms with Gasteiger partial charge >= 0.3 is 17.9 Å². The van der Waals surface area contributed by atoms with Gasteiger partial charge in [-0.25, -0.2) is 9.59 Å². The number of ether oxygens (including phenoxy) is 4. The lowest BCUT2D eigenvalue weighted by molar-refractivity contribution is -0.616. The second kappa shape index (κ2) is 10.5. The SMILES string of the molecule is COC(=O)[C@H](Cc1ccc(Oc2c3cc(OC)ccc3cc(C)[n+]2[O-])cc1)NC(=O)OC(C)(C)C. The van der Waals surface area contributed by atoms with E-state index in [9.17, 15) is 14.8 Å². The Morgan fingerprint density at radius 1 is 1.03 bits per heavy atom. The molecule has 1 heterocycles. The van der Waals surface area contributed by atoms with Crippen LogP contribution in [0.5, 0.6) is 17.4 Å². The van der Waals surface area contributed by atoms with Crippen LogP contribution in [0.25, 0.3) is 10.8 Å². The van der Waals surface area contributed by atoms with Gasteiger partial charge in [0.1, 0.15) is 23.1 Å². The molecule has 1 amide bonds. The Morgan fingerprint density at radius 2 is 1.69 bits per heavy atom. The fourth-order valence-corrected chi connectivity index (χ4v) is 3.45. The maximum atomic E-state index is 12.8. The molecule has 3 aromatic rings. The highest BCUT2D eigenvalue weighted by atomic mass is 16.6. The number of pyridine rings is 1. The summed E-state index contributed by atoms with van der Waals surface area (Å²) in [4.78, 5) is 24.4. The number of amides is 1. The van der Waals surface area contributed by atoms with Crippen molar-refractivity contribution < 1.29 is 33.3 Å².